The Morgan fingerprint density at radius 3 is 2.73 bits per heavy atom. The van der Waals surface area contributed by atoms with Crippen LogP contribution < -0.4 is 11.1 Å². The van der Waals surface area contributed by atoms with Gasteiger partial charge in [0.05, 0.1) is 5.92 Å². The van der Waals surface area contributed by atoms with Crippen LogP contribution in [0, 0.1) is 18.7 Å². The van der Waals surface area contributed by atoms with Crippen LogP contribution in [0.25, 0.3) is 11.5 Å². The van der Waals surface area contributed by atoms with Gasteiger partial charge >= 0.3 is 0 Å². The molecule has 0 bridgehead atoms. The number of rotatable bonds is 7. The molecule has 0 radical (unpaired) electrons. The largest absolute Gasteiger partial charge is 0.369 e. The second-order valence-corrected chi connectivity index (χ2v) is 5.89. The molecule has 0 aliphatic heterocycles. The van der Waals surface area contributed by atoms with Crippen molar-refractivity contribution in [1.29, 1.82) is 0 Å². The van der Waals surface area contributed by atoms with Crippen LogP contribution in [0.5, 0.6) is 0 Å². The summed E-state index contributed by atoms with van der Waals surface area (Å²) in [6, 6.07) is 9.51. The van der Waals surface area contributed by atoms with E-state index in [0.717, 1.165) is 11.1 Å². The quantitative estimate of drug-likeness (QED) is 0.674. The van der Waals surface area contributed by atoms with Crippen molar-refractivity contribution in [3.05, 3.63) is 59.8 Å². The highest BCUT2D eigenvalue weighted by Crippen LogP contribution is 2.19. The van der Waals surface area contributed by atoms with Gasteiger partial charge in [0.15, 0.2) is 5.82 Å². The average molecular weight is 355 g/mol. The van der Waals surface area contributed by atoms with Gasteiger partial charge in [-0.3, -0.25) is 4.79 Å². The van der Waals surface area contributed by atoms with Crippen LogP contribution in [0.1, 0.15) is 11.4 Å². The van der Waals surface area contributed by atoms with Crippen molar-refractivity contribution < 1.29 is 13.7 Å². The molecule has 0 fully saturated rings. The third-order valence-electron chi connectivity index (χ3n) is 3.86. The number of benzene rings is 1. The van der Waals surface area contributed by atoms with Crippen LogP contribution in [-0.4, -0.2) is 27.6 Å². The molecule has 3 N–H and O–H groups in total. The van der Waals surface area contributed by atoms with E-state index >= 15 is 0 Å². The molecule has 134 valence electrons. The normalized spacial score (nSPS) is 11.9. The minimum absolute atomic E-state index is 0.298. The van der Waals surface area contributed by atoms with E-state index in [1.54, 1.807) is 37.4 Å². The van der Waals surface area contributed by atoms with E-state index in [9.17, 15) is 9.18 Å². The van der Waals surface area contributed by atoms with Crippen molar-refractivity contribution in [3.63, 3.8) is 0 Å². The fourth-order valence-corrected chi connectivity index (χ4v) is 2.48. The van der Waals surface area contributed by atoms with Gasteiger partial charge in [0, 0.05) is 18.3 Å². The standard InChI is InChI=1S/C18H18FN5O2/c1-11-23-18(26-24-11)13-6-7-21-16(9-13)22-10-14(17(20)25)8-12-2-4-15(19)5-3-12/h2-7,9,14H,8,10H2,1H3,(H2,20,25)(H,21,22). The first-order valence-electron chi connectivity index (χ1n) is 8.05. The van der Waals surface area contributed by atoms with Crippen LogP contribution in [0.4, 0.5) is 10.2 Å². The molecule has 26 heavy (non-hydrogen) atoms. The van der Waals surface area contributed by atoms with Crippen LogP contribution in [0.2, 0.25) is 0 Å². The summed E-state index contributed by atoms with van der Waals surface area (Å²) in [5, 5.41) is 6.86. The van der Waals surface area contributed by atoms with Crippen molar-refractivity contribution in [1.82, 2.24) is 15.1 Å². The van der Waals surface area contributed by atoms with E-state index in [-0.39, 0.29) is 5.82 Å². The molecular formula is C18H18FN5O2. The molecular weight excluding hydrogens is 337 g/mol. The predicted octanol–water partition coefficient (Wildman–Crippen LogP) is 2.34. The minimum Gasteiger partial charge on any atom is -0.369 e. The molecule has 0 saturated carbocycles. The Labute approximate surface area is 149 Å². The Hall–Kier alpha value is -3.29. The average Bonchev–Trinajstić information content (AvgIpc) is 3.07. The lowest BCUT2D eigenvalue weighted by Gasteiger charge is -2.15. The number of amides is 1. The topological polar surface area (TPSA) is 107 Å². The number of hydrogen-bond acceptors (Lipinski definition) is 6. The molecule has 7 nitrogen and oxygen atoms in total. The number of hydrogen-bond donors (Lipinski definition) is 2. The number of carbonyl (C=O) groups excluding carboxylic acids is 1. The maximum Gasteiger partial charge on any atom is 0.258 e. The summed E-state index contributed by atoms with van der Waals surface area (Å²) in [5.74, 6) is 0.274. The summed E-state index contributed by atoms with van der Waals surface area (Å²) in [4.78, 5) is 20.1. The number of nitrogens with zero attached hydrogens (tertiary/aromatic N) is 3. The summed E-state index contributed by atoms with van der Waals surface area (Å²) in [6.45, 7) is 2.03. The molecule has 0 aliphatic rings. The number of carbonyl (C=O) groups is 1. The number of primary amides is 1. The van der Waals surface area contributed by atoms with Gasteiger partial charge < -0.3 is 15.6 Å². The van der Waals surface area contributed by atoms with Gasteiger partial charge in [0.2, 0.25) is 5.91 Å². The fraction of sp³-hybridized carbons (Fsp3) is 0.222. The molecule has 1 aromatic carbocycles. The van der Waals surface area contributed by atoms with Crippen LogP contribution in [0.15, 0.2) is 47.1 Å². The molecule has 8 heteroatoms. The van der Waals surface area contributed by atoms with Crippen molar-refractivity contribution in [2.24, 2.45) is 11.7 Å². The van der Waals surface area contributed by atoms with Gasteiger partial charge in [-0.05, 0) is 43.2 Å². The molecule has 0 spiro atoms. The predicted molar refractivity (Wildman–Crippen MR) is 93.5 cm³/mol. The lowest BCUT2D eigenvalue weighted by atomic mass is 9.98. The summed E-state index contributed by atoms with van der Waals surface area (Å²) < 4.78 is 18.1. The van der Waals surface area contributed by atoms with Crippen molar-refractivity contribution in [2.45, 2.75) is 13.3 Å². The van der Waals surface area contributed by atoms with E-state index in [2.05, 4.69) is 20.4 Å². The van der Waals surface area contributed by atoms with E-state index in [1.165, 1.54) is 12.1 Å². The van der Waals surface area contributed by atoms with E-state index < -0.39 is 11.8 Å². The van der Waals surface area contributed by atoms with Gasteiger partial charge in [0.25, 0.3) is 5.89 Å². The zero-order valence-electron chi connectivity index (χ0n) is 14.1. The molecule has 3 rings (SSSR count). The summed E-state index contributed by atoms with van der Waals surface area (Å²) in [7, 11) is 0. The van der Waals surface area contributed by atoms with Gasteiger partial charge in [0.1, 0.15) is 11.6 Å². The van der Waals surface area contributed by atoms with Crippen LogP contribution in [-0.2, 0) is 11.2 Å². The van der Waals surface area contributed by atoms with Crippen molar-refractivity contribution in [2.75, 3.05) is 11.9 Å². The van der Waals surface area contributed by atoms with Gasteiger partial charge in [-0.25, -0.2) is 9.37 Å². The highest BCUT2D eigenvalue weighted by Gasteiger charge is 2.17. The highest BCUT2D eigenvalue weighted by molar-refractivity contribution is 5.77. The van der Waals surface area contributed by atoms with Crippen molar-refractivity contribution in [3.8, 4) is 11.5 Å². The second kappa shape index (κ2) is 7.73. The molecule has 1 unspecified atom stereocenters. The Bertz CT molecular complexity index is 895. The summed E-state index contributed by atoms with van der Waals surface area (Å²) in [5.41, 5.74) is 7.05. The molecule has 1 amide bonds. The van der Waals surface area contributed by atoms with Crippen molar-refractivity contribution >= 4 is 11.7 Å². The van der Waals surface area contributed by atoms with Gasteiger partial charge in [-0.2, -0.15) is 4.98 Å². The zero-order chi connectivity index (χ0) is 18.5. The second-order valence-electron chi connectivity index (χ2n) is 5.89. The number of nitrogens with one attached hydrogen (secondary N) is 1. The first kappa shape index (κ1) is 17.5. The molecule has 1 atom stereocenters. The number of aryl methyl sites for hydroxylation is 1. The molecule has 3 aromatic rings. The Kier molecular flexibility index (Phi) is 5.21. The lowest BCUT2D eigenvalue weighted by Crippen LogP contribution is -2.31. The van der Waals surface area contributed by atoms with Gasteiger partial charge in [-0.15, -0.1) is 0 Å². The maximum atomic E-state index is 13.0. The lowest BCUT2D eigenvalue weighted by molar-refractivity contribution is -0.121. The number of halogens is 1. The zero-order valence-corrected chi connectivity index (χ0v) is 14.1. The molecule has 0 saturated heterocycles. The summed E-state index contributed by atoms with van der Waals surface area (Å²) in [6.07, 6.45) is 2.02. The first-order chi connectivity index (χ1) is 12.5. The fourth-order valence-electron chi connectivity index (χ4n) is 2.48. The maximum absolute atomic E-state index is 13.0. The SMILES string of the molecule is Cc1noc(-c2ccnc(NCC(Cc3ccc(F)cc3)C(N)=O)c2)n1. The highest BCUT2D eigenvalue weighted by atomic mass is 19.1. The van der Waals surface area contributed by atoms with Crippen LogP contribution >= 0.6 is 0 Å². The van der Waals surface area contributed by atoms with Gasteiger partial charge in [-0.1, -0.05) is 17.3 Å². The number of anilines is 1. The molecule has 2 aromatic heterocycles. The monoisotopic (exact) mass is 355 g/mol. The Balaban J connectivity index is 1.67. The third-order valence-corrected chi connectivity index (χ3v) is 3.86. The minimum atomic E-state index is -0.462. The number of aromatic nitrogens is 3. The van der Waals surface area contributed by atoms with E-state index in [1.807, 2.05) is 0 Å². The van der Waals surface area contributed by atoms with E-state index in [0.29, 0.717) is 30.5 Å². The summed E-state index contributed by atoms with van der Waals surface area (Å²) >= 11 is 0. The molecule has 0 aliphatic carbocycles. The Morgan fingerprint density at radius 2 is 2.08 bits per heavy atom. The van der Waals surface area contributed by atoms with Crippen LogP contribution in [0.3, 0.4) is 0 Å². The smallest absolute Gasteiger partial charge is 0.258 e. The molecule has 2 heterocycles. The number of pyridine rings is 1. The third kappa shape index (κ3) is 4.41. The Morgan fingerprint density at radius 1 is 1.31 bits per heavy atom. The number of nitrogens with two attached hydrogens (primary N) is 1. The first-order valence-corrected chi connectivity index (χ1v) is 8.05. The van der Waals surface area contributed by atoms with E-state index in [4.69, 9.17) is 10.3 Å².